The van der Waals surface area contributed by atoms with Gasteiger partial charge in [0, 0.05) is 16.2 Å². The molecule has 1 heterocycles. The van der Waals surface area contributed by atoms with Gasteiger partial charge in [0.2, 0.25) is 0 Å². The van der Waals surface area contributed by atoms with Crippen LogP contribution in [0.5, 0.6) is 0 Å². The molecule has 0 saturated carbocycles. The van der Waals surface area contributed by atoms with E-state index in [1.165, 1.54) is 0 Å². The number of aromatic nitrogens is 2. The molecule has 0 bridgehead atoms. The van der Waals surface area contributed by atoms with Crippen LogP contribution in [0.15, 0.2) is 34.9 Å². The van der Waals surface area contributed by atoms with E-state index in [1.54, 1.807) is 0 Å². The molecule has 0 aliphatic heterocycles. The molecule has 3 nitrogen and oxygen atoms in total. The zero-order valence-corrected chi connectivity index (χ0v) is 11.8. The van der Waals surface area contributed by atoms with Crippen molar-refractivity contribution >= 4 is 21.6 Å². The third-order valence-electron chi connectivity index (χ3n) is 2.56. The highest BCUT2D eigenvalue weighted by atomic mass is 79.9. The van der Waals surface area contributed by atoms with Gasteiger partial charge in [-0.15, -0.1) is 0 Å². The Hall–Kier alpha value is -1.29. The smallest absolute Gasteiger partial charge is 0.116 e. The molecule has 1 aromatic heterocycles. The van der Waals surface area contributed by atoms with Gasteiger partial charge in [0.1, 0.15) is 5.69 Å². The van der Waals surface area contributed by atoms with Gasteiger partial charge in [-0.25, -0.2) is 0 Å². The molecule has 0 aliphatic rings. The number of halogens is 1. The zero-order valence-electron chi connectivity index (χ0n) is 10.2. The molecule has 0 saturated heterocycles. The molecule has 4 heteroatoms. The molecule has 0 unspecified atom stereocenters. The summed E-state index contributed by atoms with van der Waals surface area (Å²) in [6, 6.07) is 7.96. The first-order valence-electron chi connectivity index (χ1n) is 5.50. The van der Waals surface area contributed by atoms with Crippen molar-refractivity contribution in [2.75, 3.05) is 5.73 Å². The number of rotatable bonds is 1. The van der Waals surface area contributed by atoms with Crippen LogP contribution in [0.4, 0.5) is 5.69 Å². The summed E-state index contributed by atoms with van der Waals surface area (Å²) in [4.78, 5) is 0. The van der Waals surface area contributed by atoms with Crippen LogP contribution in [-0.4, -0.2) is 9.78 Å². The first-order valence-corrected chi connectivity index (χ1v) is 6.29. The standard InChI is InChI=1S/C13H16BrN3/c1-13(2,3)17-8-11(15)12(16-17)9-6-4-5-7-10(9)14/h4-8H,15H2,1-3H3. The Balaban J connectivity index is 2.55. The van der Waals surface area contributed by atoms with Crippen LogP contribution in [-0.2, 0) is 5.54 Å². The molecular weight excluding hydrogens is 278 g/mol. The quantitative estimate of drug-likeness (QED) is 0.872. The van der Waals surface area contributed by atoms with Gasteiger partial charge in [-0.2, -0.15) is 5.10 Å². The van der Waals surface area contributed by atoms with Gasteiger partial charge in [0.05, 0.1) is 11.2 Å². The van der Waals surface area contributed by atoms with Crippen molar-refractivity contribution in [3.63, 3.8) is 0 Å². The summed E-state index contributed by atoms with van der Waals surface area (Å²) in [5, 5.41) is 4.57. The van der Waals surface area contributed by atoms with Crippen molar-refractivity contribution < 1.29 is 0 Å². The minimum absolute atomic E-state index is 0.0619. The molecule has 2 rings (SSSR count). The van der Waals surface area contributed by atoms with Crippen molar-refractivity contribution in [3.8, 4) is 11.3 Å². The van der Waals surface area contributed by atoms with Gasteiger partial charge >= 0.3 is 0 Å². The van der Waals surface area contributed by atoms with Crippen LogP contribution in [0, 0.1) is 0 Å². The number of benzene rings is 1. The maximum absolute atomic E-state index is 6.03. The van der Waals surface area contributed by atoms with Crippen molar-refractivity contribution in [2.24, 2.45) is 0 Å². The molecule has 1 aromatic carbocycles. The SMILES string of the molecule is CC(C)(C)n1cc(N)c(-c2ccccc2Br)n1. The molecule has 0 radical (unpaired) electrons. The monoisotopic (exact) mass is 293 g/mol. The van der Waals surface area contributed by atoms with E-state index >= 15 is 0 Å². The molecule has 17 heavy (non-hydrogen) atoms. The Morgan fingerprint density at radius 3 is 2.41 bits per heavy atom. The maximum Gasteiger partial charge on any atom is 0.116 e. The lowest BCUT2D eigenvalue weighted by Gasteiger charge is -2.18. The molecule has 0 fully saturated rings. The van der Waals surface area contributed by atoms with Crippen LogP contribution in [0.25, 0.3) is 11.3 Å². The van der Waals surface area contributed by atoms with Gasteiger partial charge in [-0.1, -0.05) is 34.1 Å². The Morgan fingerprint density at radius 1 is 1.24 bits per heavy atom. The lowest BCUT2D eigenvalue weighted by Crippen LogP contribution is -2.22. The normalized spacial score (nSPS) is 11.8. The van der Waals surface area contributed by atoms with E-state index in [4.69, 9.17) is 5.73 Å². The van der Waals surface area contributed by atoms with Gasteiger partial charge in [0.15, 0.2) is 0 Å². The number of nitrogens with zero attached hydrogens (tertiary/aromatic N) is 2. The largest absolute Gasteiger partial charge is 0.396 e. The molecular formula is C13H16BrN3. The van der Waals surface area contributed by atoms with Gasteiger partial charge in [0.25, 0.3) is 0 Å². The molecule has 0 atom stereocenters. The molecule has 0 spiro atoms. The van der Waals surface area contributed by atoms with E-state index in [-0.39, 0.29) is 5.54 Å². The Morgan fingerprint density at radius 2 is 1.88 bits per heavy atom. The van der Waals surface area contributed by atoms with Gasteiger partial charge in [-0.05, 0) is 26.8 Å². The molecule has 0 amide bonds. The minimum atomic E-state index is -0.0619. The topological polar surface area (TPSA) is 43.8 Å². The summed E-state index contributed by atoms with van der Waals surface area (Å²) in [6.45, 7) is 6.30. The predicted octanol–water partition coefficient (Wildman–Crippen LogP) is 3.65. The van der Waals surface area contributed by atoms with Gasteiger partial charge < -0.3 is 5.73 Å². The van der Waals surface area contributed by atoms with E-state index in [1.807, 2.05) is 35.1 Å². The Labute approximate surface area is 110 Å². The van der Waals surface area contributed by atoms with E-state index in [9.17, 15) is 0 Å². The fourth-order valence-electron chi connectivity index (χ4n) is 1.59. The van der Waals surface area contributed by atoms with Crippen LogP contribution in [0.3, 0.4) is 0 Å². The summed E-state index contributed by atoms with van der Waals surface area (Å²) in [7, 11) is 0. The molecule has 0 aliphatic carbocycles. The van der Waals surface area contributed by atoms with E-state index in [0.717, 1.165) is 15.7 Å². The first kappa shape index (κ1) is 12.2. The van der Waals surface area contributed by atoms with Crippen LogP contribution in [0.1, 0.15) is 20.8 Å². The van der Waals surface area contributed by atoms with Crippen molar-refractivity contribution in [3.05, 3.63) is 34.9 Å². The number of hydrogen-bond donors (Lipinski definition) is 1. The first-order chi connectivity index (χ1) is 7.89. The number of anilines is 1. The van der Waals surface area contributed by atoms with Crippen LogP contribution < -0.4 is 5.73 Å². The number of nitrogens with two attached hydrogens (primary N) is 1. The Bertz CT molecular complexity index is 538. The second-order valence-corrected chi connectivity index (χ2v) is 5.88. The fourth-order valence-corrected chi connectivity index (χ4v) is 2.07. The summed E-state index contributed by atoms with van der Waals surface area (Å²) >= 11 is 3.52. The summed E-state index contributed by atoms with van der Waals surface area (Å²) in [6.07, 6.45) is 1.88. The molecule has 2 N–H and O–H groups in total. The van der Waals surface area contributed by atoms with E-state index in [0.29, 0.717) is 5.69 Å². The second kappa shape index (κ2) is 4.18. The van der Waals surface area contributed by atoms with E-state index < -0.39 is 0 Å². The third-order valence-corrected chi connectivity index (χ3v) is 3.25. The van der Waals surface area contributed by atoms with Crippen LogP contribution in [0.2, 0.25) is 0 Å². The fraction of sp³-hybridized carbons (Fsp3) is 0.308. The minimum Gasteiger partial charge on any atom is -0.396 e. The zero-order chi connectivity index (χ0) is 12.6. The van der Waals surface area contributed by atoms with Gasteiger partial charge in [-0.3, -0.25) is 4.68 Å². The Kier molecular flexibility index (Phi) is 3.00. The predicted molar refractivity (Wildman–Crippen MR) is 74.8 cm³/mol. The third kappa shape index (κ3) is 2.36. The maximum atomic E-state index is 6.03. The number of nitrogen functional groups attached to an aromatic ring is 1. The highest BCUT2D eigenvalue weighted by molar-refractivity contribution is 9.10. The highest BCUT2D eigenvalue weighted by Crippen LogP contribution is 2.31. The highest BCUT2D eigenvalue weighted by Gasteiger charge is 2.18. The second-order valence-electron chi connectivity index (χ2n) is 5.03. The van der Waals surface area contributed by atoms with E-state index in [2.05, 4.69) is 41.8 Å². The van der Waals surface area contributed by atoms with Crippen molar-refractivity contribution in [1.29, 1.82) is 0 Å². The average molecular weight is 294 g/mol. The lowest BCUT2D eigenvalue weighted by molar-refractivity contribution is 0.356. The molecule has 90 valence electrons. The average Bonchev–Trinajstić information content (AvgIpc) is 2.61. The lowest BCUT2D eigenvalue weighted by atomic mass is 10.1. The summed E-state index contributed by atoms with van der Waals surface area (Å²) in [5.41, 5.74) is 8.52. The van der Waals surface area contributed by atoms with Crippen molar-refractivity contribution in [1.82, 2.24) is 9.78 Å². The van der Waals surface area contributed by atoms with Crippen molar-refractivity contribution in [2.45, 2.75) is 26.3 Å². The van der Waals surface area contributed by atoms with Crippen LogP contribution >= 0.6 is 15.9 Å². The number of hydrogen-bond acceptors (Lipinski definition) is 2. The summed E-state index contributed by atoms with van der Waals surface area (Å²) in [5.74, 6) is 0. The summed E-state index contributed by atoms with van der Waals surface area (Å²) < 4.78 is 2.91. The molecule has 2 aromatic rings.